The van der Waals surface area contributed by atoms with Crippen LogP contribution in [-0.2, 0) is 4.74 Å². The smallest absolute Gasteiger partial charge is 0.434 e. The molecule has 0 radical (unpaired) electrons. The van der Waals surface area contributed by atoms with Gasteiger partial charge in [0, 0.05) is 0 Å². The molecule has 0 unspecified atom stereocenters. The van der Waals surface area contributed by atoms with Crippen LogP contribution < -0.4 is 4.74 Å². The van der Waals surface area contributed by atoms with Crippen LogP contribution in [0.25, 0.3) is 0 Å². The molecule has 1 aromatic carbocycles. The third-order valence-corrected chi connectivity index (χ3v) is 5.57. The fourth-order valence-corrected chi connectivity index (χ4v) is 3.59. The number of rotatable bonds is 18. The summed E-state index contributed by atoms with van der Waals surface area (Å²) in [6, 6.07) is 0. The maximum atomic E-state index is 13.5. The van der Waals surface area contributed by atoms with Crippen molar-refractivity contribution in [2.75, 3.05) is 6.61 Å². The maximum absolute atomic E-state index is 13.5. The highest BCUT2D eigenvalue weighted by molar-refractivity contribution is 5.64. The Morgan fingerprint density at radius 1 is 0.545 bits per heavy atom. The van der Waals surface area contributed by atoms with Crippen LogP contribution in [0, 0.1) is 29.1 Å². The lowest BCUT2D eigenvalue weighted by Gasteiger charge is -2.09. The fraction of sp³-hybridized carbons (Fsp3) is 0.720. The maximum Gasteiger partial charge on any atom is 0.514 e. The van der Waals surface area contributed by atoms with E-state index in [1.54, 1.807) is 0 Å². The zero-order valence-corrected chi connectivity index (χ0v) is 19.6. The molecule has 0 heterocycles. The van der Waals surface area contributed by atoms with Gasteiger partial charge in [-0.3, -0.25) is 0 Å². The second kappa shape index (κ2) is 17.6. The lowest BCUT2D eigenvalue weighted by Crippen LogP contribution is -2.15. The Kier molecular flexibility index (Phi) is 15.6. The van der Waals surface area contributed by atoms with E-state index in [2.05, 4.69) is 16.4 Å². The molecule has 0 spiro atoms. The minimum atomic E-state index is -2.32. The number of carbonyl (C=O) groups is 1. The van der Waals surface area contributed by atoms with E-state index < -0.39 is 41.0 Å². The predicted octanol–water partition coefficient (Wildman–Crippen LogP) is 9.16. The molecule has 0 aliphatic carbocycles. The van der Waals surface area contributed by atoms with Gasteiger partial charge in [0.05, 0.1) is 6.61 Å². The number of carbonyl (C=O) groups excluding carboxylic acids is 1. The molecule has 0 aliphatic rings. The summed E-state index contributed by atoms with van der Waals surface area (Å²) in [5.41, 5.74) is 0. The van der Waals surface area contributed by atoms with Gasteiger partial charge in [-0.25, -0.2) is 18.0 Å². The number of ether oxygens (including phenoxy) is 2. The highest BCUT2D eigenvalue weighted by atomic mass is 19.2. The number of hydrogen-bond acceptors (Lipinski definition) is 3. The molecule has 0 fully saturated rings. The fourth-order valence-electron chi connectivity index (χ4n) is 3.59. The Labute approximate surface area is 194 Å². The quantitative estimate of drug-likeness (QED) is 0.0525. The first-order valence-electron chi connectivity index (χ1n) is 12.3. The standard InChI is InChI=1S/C25H37F5O3/c1-2-3-4-5-6-7-8-9-10-11-12-13-14-15-16-17-18-32-25(31)33-24-22(29)20(27)19(26)21(28)23(24)30/h2-18H2,1H3. The van der Waals surface area contributed by atoms with Crippen LogP contribution >= 0.6 is 0 Å². The molecule has 0 atom stereocenters. The first-order valence-corrected chi connectivity index (χ1v) is 12.3. The van der Waals surface area contributed by atoms with E-state index in [-0.39, 0.29) is 6.61 Å². The van der Waals surface area contributed by atoms with Gasteiger partial charge in [-0.2, -0.15) is 8.78 Å². The third-order valence-electron chi connectivity index (χ3n) is 5.57. The topological polar surface area (TPSA) is 35.5 Å². The largest absolute Gasteiger partial charge is 0.514 e. The summed E-state index contributed by atoms with van der Waals surface area (Å²) in [6.45, 7) is 2.17. The zero-order chi connectivity index (χ0) is 24.5. The van der Waals surface area contributed by atoms with Crippen LogP contribution in [0.4, 0.5) is 26.7 Å². The molecule has 0 bridgehead atoms. The van der Waals surface area contributed by atoms with Crippen LogP contribution in [0.3, 0.4) is 0 Å². The number of halogens is 5. The van der Waals surface area contributed by atoms with E-state index >= 15 is 0 Å². The second-order valence-electron chi connectivity index (χ2n) is 8.40. The number of benzene rings is 1. The molecule has 0 amide bonds. The lowest BCUT2D eigenvalue weighted by molar-refractivity contribution is 0.0932. The molecule has 8 heteroatoms. The molecular weight excluding hydrogens is 443 g/mol. The molecule has 3 nitrogen and oxygen atoms in total. The van der Waals surface area contributed by atoms with Gasteiger partial charge in [0.25, 0.3) is 0 Å². The molecule has 0 aromatic heterocycles. The summed E-state index contributed by atoms with van der Waals surface area (Å²) in [4.78, 5) is 11.5. The summed E-state index contributed by atoms with van der Waals surface area (Å²) in [5, 5.41) is 0. The summed E-state index contributed by atoms with van der Waals surface area (Å²) in [5.74, 6) is -12.8. The monoisotopic (exact) mass is 480 g/mol. The second-order valence-corrected chi connectivity index (χ2v) is 8.40. The van der Waals surface area contributed by atoms with Crippen molar-refractivity contribution in [3.8, 4) is 5.75 Å². The van der Waals surface area contributed by atoms with Gasteiger partial charge >= 0.3 is 6.16 Å². The zero-order valence-electron chi connectivity index (χ0n) is 19.6. The van der Waals surface area contributed by atoms with Gasteiger partial charge in [-0.15, -0.1) is 0 Å². The van der Waals surface area contributed by atoms with Crippen molar-refractivity contribution in [2.45, 2.75) is 110 Å². The average Bonchev–Trinajstić information content (AvgIpc) is 2.81. The minimum Gasteiger partial charge on any atom is -0.434 e. The molecule has 1 rings (SSSR count). The van der Waals surface area contributed by atoms with Gasteiger partial charge < -0.3 is 9.47 Å². The van der Waals surface area contributed by atoms with Crippen molar-refractivity contribution >= 4 is 6.16 Å². The molecular formula is C25H37F5O3. The third kappa shape index (κ3) is 11.7. The predicted molar refractivity (Wildman–Crippen MR) is 118 cm³/mol. The van der Waals surface area contributed by atoms with Crippen LogP contribution in [-0.4, -0.2) is 12.8 Å². The minimum absolute atomic E-state index is 0.0628. The summed E-state index contributed by atoms with van der Waals surface area (Å²) in [6.07, 6.45) is 17.5. The molecule has 190 valence electrons. The van der Waals surface area contributed by atoms with Crippen LogP contribution in [0.5, 0.6) is 5.75 Å². The van der Waals surface area contributed by atoms with E-state index in [9.17, 15) is 26.7 Å². The van der Waals surface area contributed by atoms with E-state index in [1.807, 2.05) is 0 Å². The van der Waals surface area contributed by atoms with E-state index in [0.29, 0.717) is 6.42 Å². The molecule has 0 N–H and O–H groups in total. The Morgan fingerprint density at radius 3 is 1.27 bits per heavy atom. The molecule has 0 saturated carbocycles. The summed E-state index contributed by atoms with van der Waals surface area (Å²) >= 11 is 0. The lowest BCUT2D eigenvalue weighted by atomic mass is 10.0. The number of hydrogen-bond donors (Lipinski definition) is 0. The first kappa shape index (κ1) is 29.2. The Bertz CT molecular complexity index is 668. The van der Waals surface area contributed by atoms with Crippen molar-refractivity contribution in [3.05, 3.63) is 29.1 Å². The van der Waals surface area contributed by atoms with Gasteiger partial charge in [-0.05, 0) is 6.42 Å². The SMILES string of the molecule is CCCCCCCCCCCCCCCCCCOC(=O)Oc1c(F)c(F)c(F)c(F)c1F. The molecule has 0 saturated heterocycles. The normalized spacial score (nSPS) is 11.1. The highest BCUT2D eigenvalue weighted by Crippen LogP contribution is 2.29. The molecule has 1 aromatic rings. The van der Waals surface area contributed by atoms with Crippen LogP contribution in [0.2, 0.25) is 0 Å². The van der Waals surface area contributed by atoms with E-state index in [1.165, 1.54) is 70.6 Å². The molecule has 0 aliphatic heterocycles. The number of unbranched alkanes of at least 4 members (excludes halogenated alkanes) is 15. The van der Waals surface area contributed by atoms with Crippen molar-refractivity contribution < 1.29 is 36.2 Å². The van der Waals surface area contributed by atoms with Gasteiger partial charge in [0.2, 0.25) is 34.8 Å². The first-order chi connectivity index (χ1) is 15.9. The Hall–Kier alpha value is -1.86. The van der Waals surface area contributed by atoms with Crippen LogP contribution in [0.15, 0.2) is 0 Å². The van der Waals surface area contributed by atoms with Crippen molar-refractivity contribution in [3.63, 3.8) is 0 Å². The Balaban J connectivity index is 1.99. The van der Waals surface area contributed by atoms with Crippen molar-refractivity contribution in [1.29, 1.82) is 0 Å². The van der Waals surface area contributed by atoms with E-state index in [4.69, 9.17) is 0 Å². The van der Waals surface area contributed by atoms with E-state index in [0.717, 1.165) is 25.7 Å². The van der Waals surface area contributed by atoms with Crippen LogP contribution in [0.1, 0.15) is 110 Å². The molecule has 33 heavy (non-hydrogen) atoms. The summed E-state index contributed by atoms with van der Waals surface area (Å²) < 4.78 is 74.8. The average molecular weight is 481 g/mol. The Morgan fingerprint density at radius 2 is 0.879 bits per heavy atom. The van der Waals surface area contributed by atoms with Gasteiger partial charge in [0.15, 0.2) is 0 Å². The van der Waals surface area contributed by atoms with Gasteiger partial charge in [0.1, 0.15) is 0 Å². The highest BCUT2D eigenvalue weighted by Gasteiger charge is 2.28. The van der Waals surface area contributed by atoms with Crippen molar-refractivity contribution in [1.82, 2.24) is 0 Å². The summed E-state index contributed by atoms with van der Waals surface area (Å²) in [7, 11) is 0. The van der Waals surface area contributed by atoms with Crippen molar-refractivity contribution in [2.24, 2.45) is 0 Å². The van der Waals surface area contributed by atoms with Gasteiger partial charge in [-0.1, -0.05) is 103 Å².